The number of hydrogen-bond acceptors (Lipinski definition) is 5. The molecule has 1 aromatic heterocycles. The third-order valence-electron chi connectivity index (χ3n) is 1.63. The minimum Gasteiger partial charge on any atom is -0.479 e. The molecule has 1 N–H and O–H groups in total. The van der Waals surface area contributed by atoms with Crippen LogP contribution < -0.4 is 10.1 Å². The molecule has 80 valence electrons. The molecule has 0 aliphatic heterocycles. The molecule has 15 heavy (non-hydrogen) atoms. The normalized spacial score (nSPS) is 10.5. The first kappa shape index (κ1) is 11.0. The molecular weight excluding hydrogens is 198 g/mol. The van der Waals surface area contributed by atoms with Gasteiger partial charge >= 0.3 is 0 Å². The molecule has 0 bridgehead atoms. The van der Waals surface area contributed by atoms with Crippen molar-refractivity contribution >= 4 is 5.91 Å². The fraction of sp³-hybridized carbons (Fsp3) is 0.444. The van der Waals surface area contributed by atoms with E-state index in [-0.39, 0.29) is 11.6 Å². The van der Waals surface area contributed by atoms with Crippen LogP contribution in [0.2, 0.25) is 0 Å². The van der Waals surface area contributed by atoms with Gasteiger partial charge in [-0.25, -0.2) is 0 Å². The Morgan fingerprint density at radius 1 is 1.73 bits per heavy atom. The Morgan fingerprint density at radius 3 is 2.87 bits per heavy atom. The second-order valence-corrected chi connectivity index (χ2v) is 3.42. The van der Waals surface area contributed by atoms with Gasteiger partial charge in [-0.2, -0.15) is 5.26 Å². The van der Waals surface area contributed by atoms with Gasteiger partial charge in [-0.1, -0.05) is 0 Å². The summed E-state index contributed by atoms with van der Waals surface area (Å²) >= 11 is 0. The Kier molecular flexibility index (Phi) is 2.95. The van der Waals surface area contributed by atoms with E-state index in [1.807, 2.05) is 6.07 Å². The van der Waals surface area contributed by atoms with Crippen molar-refractivity contribution in [2.75, 3.05) is 7.11 Å². The second kappa shape index (κ2) is 4.00. The number of nitrogens with zero attached hydrogens (tertiary/aromatic N) is 2. The molecule has 6 nitrogen and oxygen atoms in total. The Hall–Kier alpha value is -2.03. The van der Waals surface area contributed by atoms with Crippen LogP contribution in [0.3, 0.4) is 0 Å². The summed E-state index contributed by atoms with van der Waals surface area (Å²) in [6.45, 7) is 3.16. The highest BCUT2D eigenvalue weighted by atomic mass is 16.5. The van der Waals surface area contributed by atoms with E-state index in [1.165, 1.54) is 13.2 Å². The zero-order valence-electron chi connectivity index (χ0n) is 8.70. The van der Waals surface area contributed by atoms with Crippen LogP contribution in [0.5, 0.6) is 5.88 Å². The van der Waals surface area contributed by atoms with Crippen LogP contribution in [0.25, 0.3) is 0 Å². The summed E-state index contributed by atoms with van der Waals surface area (Å²) in [4.78, 5) is 11.5. The van der Waals surface area contributed by atoms with Gasteiger partial charge in [0.2, 0.25) is 5.76 Å². The van der Waals surface area contributed by atoms with Crippen LogP contribution in [-0.2, 0) is 0 Å². The van der Waals surface area contributed by atoms with Gasteiger partial charge in [0.25, 0.3) is 11.8 Å². The first-order chi connectivity index (χ1) is 6.98. The zero-order chi connectivity index (χ0) is 11.5. The minimum atomic E-state index is -0.947. The summed E-state index contributed by atoms with van der Waals surface area (Å²) in [5.74, 6) is -0.276. The number of hydrogen-bond donors (Lipinski definition) is 1. The van der Waals surface area contributed by atoms with Gasteiger partial charge in [0.05, 0.1) is 19.2 Å². The molecule has 1 amide bonds. The van der Waals surface area contributed by atoms with E-state index in [0.29, 0.717) is 0 Å². The first-order valence-corrected chi connectivity index (χ1v) is 4.23. The van der Waals surface area contributed by atoms with Crippen LogP contribution in [0.1, 0.15) is 24.4 Å². The van der Waals surface area contributed by atoms with Crippen LogP contribution in [-0.4, -0.2) is 23.7 Å². The van der Waals surface area contributed by atoms with Crippen molar-refractivity contribution in [2.45, 2.75) is 19.4 Å². The standard InChI is InChI=1S/C9H11N3O3/c1-9(2,5-10)11-8(13)6-4-7(14-3)12-15-6/h4H,1-3H3,(H,11,13). The maximum atomic E-state index is 11.5. The number of methoxy groups -OCH3 is 1. The number of aromatic nitrogens is 1. The summed E-state index contributed by atoms with van der Waals surface area (Å²) in [5.41, 5.74) is -0.947. The second-order valence-electron chi connectivity index (χ2n) is 3.42. The van der Waals surface area contributed by atoms with Gasteiger partial charge in [0.15, 0.2) is 0 Å². The number of nitrogens with one attached hydrogen (secondary N) is 1. The van der Waals surface area contributed by atoms with E-state index >= 15 is 0 Å². The highest BCUT2D eigenvalue weighted by Gasteiger charge is 2.23. The molecule has 0 aliphatic carbocycles. The summed E-state index contributed by atoms with van der Waals surface area (Å²) in [5, 5.41) is 14.6. The summed E-state index contributed by atoms with van der Waals surface area (Å²) in [6, 6.07) is 3.29. The molecule has 0 fully saturated rings. The molecule has 0 spiro atoms. The molecule has 0 aliphatic rings. The van der Waals surface area contributed by atoms with Crippen LogP contribution in [0.4, 0.5) is 0 Å². The third-order valence-corrected chi connectivity index (χ3v) is 1.63. The predicted molar refractivity (Wildman–Crippen MR) is 50.2 cm³/mol. The lowest BCUT2D eigenvalue weighted by Gasteiger charge is -2.15. The minimum absolute atomic E-state index is 0.00942. The van der Waals surface area contributed by atoms with Crippen molar-refractivity contribution in [1.82, 2.24) is 10.5 Å². The van der Waals surface area contributed by atoms with Crippen molar-refractivity contribution in [3.8, 4) is 11.9 Å². The topological polar surface area (TPSA) is 88.1 Å². The average molecular weight is 209 g/mol. The van der Waals surface area contributed by atoms with Crippen molar-refractivity contribution in [2.24, 2.45) is 0 Å². The van der Waals surface area contributed by atoms with Gasteiger partial charge in [0.1, 0.15) is 5.54 Å². The smallest absolute Gasteiger partial charge is 0.291 e. The molecule has 6 heteroatoms. The third kappa shape index (κ3) is 2.71. The highest BCUT2D eigenvalue weighted by Crippen LogP contribution is 2.11. The highest BCUT2D eigenvalue weighted by molar-refractivity contribution is 5.92. The Morgan fingerprint density at radius 2 is 2.40 bits per heavy atom. The van der Waals surface area contributed by atoms with Gasteiger partial charge in [0, 0.05) is 0 Å². The maximum Gasteiger partial charge on any atom is 0.291 e. The van der Waals surface area contributed by atoms with Crippen LogP contribution in [0.15, 0.2) is 10.6 Å². The number of carbonyl (C=O) groups is 1. The van der Waals surface area contributed by atoms with Crippen molar-refractivity contribution in [1.29, 1.82) is 5.26 Å². The molecule has 0 atom stereocenters. The zero-order valence-corrected chi connectivity index (χ0v) is 8.70. The maximum absolute atomic E-state index is 11.5. The SMILES string of the molecule is COc1cc(C(=O)NC(C)(C)C#N)on1. The number of rotatable bonds is 3. The quantitative estimate of drug-likeness (QED) is 0.792. The molecule has 0 radical (unpaired) electrons. The fourth-order valence-electron chi connectivity index (χ4n) is 0.836. The molecule has 0 saturated carbocycles. The van der Waals surface area contributed by atoms with Crippen molar-refractivity contribution in [3.05, 3.63) is 11.8 Å². The average Bonchev–Trinajstić information content (AvgIpc) is 2.65. The molecule has 1 aromatic rings. The van der Waals surface area contributed by atoms with E-state index in [1.54, 1.807) is 13.8 Å². The van der Waals surface area contributed by atoms with Gasteiger partial charge < -0.3 is 14.6 Å². The summed E-state index contributed by atoms with van der Waals surface area (Å²) < 4.78 is 9.46. The van der Waals surface area contributed by atoms with E-state index < -0.39 is 11.4 Å². The molecule has 0 aromatic carbocycles. The number of ether oxygens (including phenoxy) is 1. The lowest BCUT2D eigenvalue weighted by Crippen LogP contribution is -2.41. The number of nitriles is 1. The Bertz CT molecular complexity index is 403. The number of amides is 1. The first-order valence-electron chi connectivity index (χ1n) is 4.23. The molecule has 1 heterocycles. The summed E-state index contributed by atoms with van der Waals surface area (Å²) in [7, 11) is 1.42. The van der Waals surface area contributed by atoms with Gasteiger partial charge in [-0.05, 0) is 19.0 Å². The number of carbonyl (C=O) groups excluding carboxylic acids is 1. The monoisotopic (exact) mass is 209 g/mol. The molecule has 1 rings (SSSR count). The molecular formula is C9H11N3O3. The Labute approximate surface area is 86.8 Å². The van der Waals surface area contributed by atoms with Crippen LogP contribution in [0, 0.1) is 11.3 Å². The van der Waals surface area contributed by atoms with Crippen molar-refractivity contribution in [3.63, 3.8) is 0 Å². The predicted octanol–water partition coefficient (Wildman–Crippen LogP) is 0.715. The molecule has 0 saturated heterocycles. The van der Waals surface area contributed by atoms with Crippen LogP contribution >= 0.6 is 0 Å². The Balaban J connectivity index is 2.74. The van der Waals surface area contributed by atoms with E-state index in [0.717, 1.165) is 0 Å². The fourth-order valence-corrected chi connectivity index (χ4v) is 0.836. The van der Waals surface area contributed by atoms with E-state index in [4.69, 9.17) is 14.5 Å². The van der Waals surface area contributed by atoms with E-state index in [2.05, 4.69) is 10.5 Å². The van der Waals surface area contributed by atoms with E-state index in [9.17, 15) is 4.79 Å². The lowest BCUT2D eigenvalue weighted by molar-refractivity contribution is 0.0891. The lowest BCUT2D eigenvalue weighted by atomic mass is 10.1. The van der Waals surface area contributed by atoms with Crippen molar-refractivity contribution < 1.29 is 14.1 Å². The largest absolute Gasteiger partial charge is 0.479 e. The molecule has 0 unspecified atom stereocenters. The van der Waals surface area contributed by atoms with Gasteiger partial charge in [-0.15, -0.1) is 0 Å². The summed E-state index contributed by atoms with van der Waals surface area (Å²) in [6.07, 6.45) is 0. The van der Waals surface area contributed by atoms with Gasteiger partial charge in [-0.3, -0.25) is 4.79 Å².